The molecule has 4 rings (SSSR count). The van der Waals surface area contributed by atoms with Crippen molar-refractivity contribution >= 4 is 59.9 Å². The number of nitrogens with one attached hydrogen (secondary N) is 1. The number of nitrogens with zero attached hydrogens (tertiary/aromatic N) is 1. The van der Waals surface area contributed by atoms with Gasteiger partial charge in [0.1, 0.15) is 0 Å². The van der Waals surface area contributed by atoms with E-state index in [1.54, 1.807) is 11.3 Å². The molecular formula is C16H13BrN2OS2. The zero-order valence-electron chi connectivity index (χ0n) is 11.7. The molecule has 22 heavy (non-hydrogen) atoms. The molecule has 1 N–H and O–H groups in total. The molecule has 0 aliphatic heterocycles. The first kappa shape index (κ1) is 14.4. The molecule has 2 aromatic heterocycles. The molecule has 0 unspecified atom stereocenters. The summed E-state index contributed by atoms with van der Waals surface area (Å²) in [6, 6.07) is 5.94. The number of thiazole rings is 1. The molecule has 0 spiro atoms. The van der Waals surface area contributed by atoms with Crippen molar-refractivity contribution in [3.63, 3.8) is 0 Å². The van der Waals surface area contributed by atoms with E-state index in [1.165, 1.54) is 34.6 Å². The van der Waals surface area contributed by atoms with Crippen LogP contribution in [0.1, 0.15) is 33.6 Å². The summed E-state index contributed by atoms with van der Waals surface area (Å²) in [7, 11) is 0. The van der Waals surface area contributed by atoms with Gasteiger partial charge in [0.05, 0.1) is 15.8 Å². The molecule has 1 aromatic carbocycles. The van der Waals surface area contributed by atoms with Crippen molar-refractivity contribution in [2.75, 3.05) is 5.32 Å². The molecule has 0 atom stereocenters. The lowest BCUT2D eigenvalue weighted by atomic mass is 9.96. The van der Waals surface area contributed by atoms with Gasteiger partial charge in [-0.1, -0.05) is 27.3 Å². The van der Waals surface area contributed by atoms with Gasteiger partial charge in [0.15, 0.2) is 5.13 Å². The van der Waals surface area contributed by atoms with Crippen molar-refractivity contribution in [1.29, 1.82) is 0 Å². The van der Waals surface area contributed by atoms with E-state index in [4.69, 9.17) is 0 Å². The summed E-state index contributed by atoms with van der Waals surface area (Å²) in [4.78, 5) is 18.4. The molecule has 6 heteroatoms. The lowest BCUT2D eigenvalue weighted by Crippen LogP contribution is -2.14. The molecule has 2 heterocycles. The monoisotopic (exact) mass is 392 g/mol. The maximum atomic E-state index is 12.5. The van der Waals surface area contributed by atoms with Crippen LogP contribution in [0.2, 0.25) is 0 Å². The number of thiophene rings is 1. The van der Waals surface area contributed by atoms with Gasteiger partial charge in [-0.05, 0) is 49.4 Å². The normalized spacial score (nSPS) is 14.0. The standard InChI is InChI=1S/C16H13BrN2OS2/c17-9-5-6-12-14(7-9)22-16(18-12)19-15(20)11-8-21-13-4-2-1-3-10(11)13/h5-8H,1-4H2,(H,18,19,20). The number of rotatable bonds is 2. The second-order valence-electron chi connectivity index (χ2n) is 5.34. The number of carbonyl (C=O) groups is 1. The average Bonchev–Trinajstić information content (AvgIpc) is 3.09. The van der Waals surface area contributed by atoms with Crippen molar-refractivity contribution in [3.8, 4) is 0 Å². The molecule has 0 saturated carbocycles. The number of hydrogen-bond donors (Lipinski definition) is 1. The van der Waals surface area contributed by atoms with E-state index < -0.39 is 0 Å². The Morgan fingerprint density at radius 2 is 2.14 bits per heavy atom. The zero-order chi connectivity index (χ0) is 15.1. The number of hydrogen-bond acceptors (Lipinski definition) is 4. The number of fused-ring (bicyclic) bond motifs is 2. The first-order valence-corrected chi connectivity index (χ1v) is 9.66. The van der Waals surface area contributed by atoms with Crippen LogP contribution in [0.3, 0.4) is 0 Å². The van der Waals surface area contributed by atoms with Gasteiger partial charge in [0.25, 0.3) is 5.91 Å². The van der Waals surface area contributed by atoms with E-state index in [0.717, 1.165) is 33.1 Å². The van der Waals surface area contributed by atoms with Crippen molar-refractivity contribution in [2.45, 2.75) is 25.7 Å². The van der Waals surface area contributed by atoms with E-state index in [1.807, 2.05) is 23.6 Å². The van der Waals surface area contributed by atoms with Gasteiger partial charge >= 0.3 is 0 Å². The van der Waals surface area contributed by atoms with E-state index in [9.17, 15) is 4.79 Å². The molecule has 1 aliphatic rings. The predicted molar refractivity (Wildman–Crippen MR) is 96.2 cm³/mol. The fourth-order valence-electron chi connectivity index (χ4n) is 2.80. The van der Waals surface area contributed by atoms with E-state index in [-0.39, 0.29) is 5.91 Å². The average molecular weight is 393 g/mol. The molecule has 3 nitrogen and oxygen atoms in total. The lowest BCUT2D eigenvalue weighted by Gasteiger charge is -2.12. The highest BCUT2D eigenvalue weighted by Crippen LogP contribution is 2.32. The molecule has 1 aliphatic carbocycles. The Bertz CT molecular complexity index is 868. The highest BCUT2D eigenvalue weighted by atomic mass is 79.9. The highest BCUT2D eigenvalue weighted by Gasteiger charge is 2.20. The summed E-state index contributed by atoms with van der Waals surface area (Å²) >= 11 is 6.68. The summed E-state index contributed by atoms with van der Waals surface area (Å²) in [6.45, 7) is 0. The Kier molecular flexibility index (Phi) is 3.76. The Labute approximate surface area is 144 Å². The Hall–Kier alpha value is -1.24. The number of aryl methyl sites for hydroxylation is 1. The minimum Gasteiger partial charge on any atom is -0.298 e. The van der Waals surface area contributed by atoms with Crippen molar-refractivity contribution in [1.82, 2.24) is 4.98 Å². The molecule has 0 fully saturated rings. The van der Waals surface area contributed by atoms with Crippen molar-refractivity contribution in [2.24, 2.45) is 0 Å². The number of halogens is 1. The van der Waals surface area contributed by atoms with E-state index in [2.05, 4.69) is 26.2 Å². The van der Waals surface area contributed by atoms with Crippen LogP contribution >= 0.6 is 38.6 Å². The second-order valence-corrected chi connectivity index (χ2v) is 8.25. The third kappa shape index (κ3) is 2.59. The predicted octanol–water partition coefficient (Wildman–Crippen LogP) is 5.25. The number of benzene rings is 1. The Balaban J connectivity index is 1.61. The van der Waals surface area contributed by atoms with Crippen LogP contribution in [-0.4, -0.2) is 10.9 Å². The molecule has 112 valence electrons. The van der Waals surface area contributed by atoms with Crippen LogP contribution in [-0.2, 0) is 12.8 Å². The largest absolute Gasteiger partial charge is 0.298 e. The smallest absolute Gasteiger partial charge is 0.258 e. The van der Waals surface area contributed by atoms with Gasteiger partial charge in [-0.3, -0.25) is 10.1 Å². The third-order valence-electron chi connectivity index (χ3n) is 3.88. The van der Waals surface area contributed by atoms with Crippen LogP contribution in [0.25, 0.3) is 10.2 Å². The van der Waals surface area contributed by atoms with Gasteiger partial charge in [-0.15, -0.1) is 11.3 Å². The van der Waals surface area contributed by atoms with Gasteiger partial charge in [0.2, 0.25) is 0 Å². The van der Waals surface area contributed by atoms with Gasteiger partial charge in [-0.25, -0.2) is 4.98 Å². The van der Waals surface area contributed by atoms with Crippen LogP contribution in [0.4, 0.5) is 5.13 Å². The SMILES string of the molecule is O=C(Nc1nc2ccc(Br)cc2s1)c1csc2c1CCCC2. The minimum absolute atomic E-state index is 0.0301. The number of carbonyl (C=O) groups excluding carboxylic acids is 1. The number of amides is 1. The molecule has 1 amide bonds. The van der Waals surface area contributed by atoms with E-state index in [0.29, 0.717) is 5.13 Å². The summed E-state index contributed by atoms with van der Waals surface area (Å²) in [5.41, 5.74) is 2.99. The number of anilines is 1. The van der Waals surface area contributed by atoms with Crippen LogP contribution in [0, 0.1) is 0 Å². The minimum atomic E-state index is -0.0301. The molecule has 0 bridgehead atoms. The Morgan fingerprint density at radius 3 is 3.05 bits per heavy atom. The first-order chi connectivity index (χ1) is 10.7. The highest BCUT2D eigenvalue weighted by molar-refractivity contribution is 9.10. The fraction of sp³-hybridized carbons (Fsp3) is 0.250. The van der Waals surface area contributed by atoms with Gasteiger partial charge in [0, 0.05) is 14.7 Å². The molecule has 0 radical (unpaired) electrons. The maximum Gasteiger partial charge on any atom is 0.258 e. The van der Waals surface area contributed by atoms with E-state index >= 15 is 0 Å². The zero-order valence-corrected chi connectivity index (χ0v) is 14.9. The lowest BCUT2D eigenvalue weighted by molar-refractivity contribution is 0.102. The van der Waals surface area contributed by atoms with Gasteiger partial charge in [-0.2, -0.15) is 0 Å². The van der Waals surface area contributed by atoms with Crippen molar-refractivity contribution in [3.05, 3.63) is 44.1 Å². The van der Waals surface area contributed by atoms with Crippen LogP contribution in [0.15, 0.2) is 28.1 Å². The Morgan fingerprint density at radius 1 is 1.27 bits per heavy atom. The van der Waals surface area contributed by atoms with Gasteiger partial charge < -0.3 is 0 Å². The summed E-state index contributed by atoms with van der Waals surface area (Å²) < 4.78 is 2.09. The first-order valence-electron chi connectivity index (χ1n) is 7.17. The second kappa shape index (κ2) is 5.76. The van der Waals surface area contributed by atoms with Crippen molar-refractivity contribution < 1.29 is 4.79 Å². The maximum absolute atomic E-state index is 12.5. The topological polar surface area (TPSA) is 42.0 Å². The fourth-order valence-corrected chi connectivity index (χ4v) is 5.34. The third-order valence-corrected chi connectivity index (χ3v) is 6.39. The summed E-state index contributed by atoms with van der Waals surface area (Å²) in [6.07, 6.45) is 4.55. The van der Waals surface area contributed by atoms with Crippen LogP contribution < -0.4 is 5.32 Å². The molecular weight excluding hydrogens is 380 g/mol. The quantitative estimate of drug-likeness (QED) is 0.646. The van der Waals surface area contributed by atoms with Crippen LogP contribution in [0.5, 0.6) is 0 Å². The summed E-state index contributed by atoms with van der Waals surface area (Å²) in [5, 5.41) is 5.62. The molecule has 0 saturated heterocycles. The molecule has 3 aromatic rings. The number of aromatic nitrogens is 1. The summed E-state index contributed by atoms with van der Waals surface area (Å²) in [5.74, 6) is -0.0301.